The summed E-state index contributed by atoms with van der Waals surface area (Å²) in [5.41, 5.74) is 0. The molecule has 0 aromatic heterocycles. The van der Waals surface area contributed by atoms with Crippen molar-refractivity contribution in [3.8, 4) is 0 Å². The van der Waals surface area contributed by atoms with Gasteiger partial charge in [0.1, 0.15) is 0 Å². The molecule has 0 aliphatic rings. The lowest BCUT2D eigenvalue weighted by molar-refractivity contribution is -0.146. The molecule has 0 aliphatic heterocycles. The van der Waals surface area contributed by atoms with E-state index in [1.807, 2.05) is 0 Å². The third kappa shape index (κ3) is 21.8. The van der Waals surface area contributed by atoms with E-state index in [4.69, 9.17) is 14.6 Å². The van der Waals surface area contributed by atoms with Crippen LogP contribution in [0.3, 0.4) is 0 Å². The highest BCUT2D eigenvalue weighted by molar-refractivity contribution is 4.80. The zero-order chi connectivity index (χ0) is 19.8. The Morgan fingerprint density at radius 2 is 1.07 bits per heavy atom. The summed E-state index contributed by atoms with van der Waals surface area (Å²) in [5, 5.41) is 8.69. The van der Waals surface area contributed by atoms with Gasteiger partial charge >= 0.3 is 0 Å². The Labute approximate surface area is 169 Å². The smallest absolute Gasteiger partial charge is 0.157 e. The van der Waals surface area contributed by atoms with Crippen LogP contribution in [0.15, 0.2) is 12.2 Å². The first-order valence-corrected chi connectivity index (χ1v) is 11.8. The second-order valence-electron chi connectivity index (χ2n) is 7.62. The molecule has 3 heteroatoms. The minimum Gasteiger partial charge on any atom is -0.396 e. The van der Waals surface area contributed by atoms with Crippen LogP contribution in [-0.4, -0.2) is 31.2 Å². The van der Waals surface area contributed by atoms with E-state index in [2.05, 4.69) is 26.0 Å². The summed E-state index contributed by atoms with van der Waals surface area (Å²) in [7, 11) is 0. The van der Waals surface area contributed by atoms with Gasteiger partial charge in [-0.2, -0.15) is 0 Å². The molecule has 0 unspecified atom stereocenters. The maximum atomic E-state index is 8.69. The maximum Gasteiger partial charge on any atom is 0.157 e. The van der Waals surface area contributed by atoms with Crippen LogP contribution in [0.5, 0.6) is 0 Å². The first kappa shape index (κ1) is 26.6. The molecule has 0 radical (unpaired) electrons. The molecule has 0 fully saturated rings. The van der Waals surface area contributed by atoms with Crippen LogP contribution in [0.4, 0.5) is 0 Å². The monoisotopic (exact) mass is 384 g/mol. The van der Waals surface area contributed by atoms with Gasteiger partial charge in [-0.05, 0) is 44.9 Å². The van der Waals surface area contributed by atoms with Gasteiger partial charge in [-0.15, -0.1) is 0 Å². The Morgan fingerprint density at radius 3 is 1.56 bits per heavy atom. The molecule has 0 saturated carbocycles. The third-order valence-electron chi connectivity index (χ3n) is 4.79. The van der Waals surface area contributed by atoms with Crippen LogP contribution in [0.2, 0.25) is 0 Å². The molecule has 0 aromatic carbocycles. The van der Waals surface area contributed by atoms with E-state index in [-0.39, 0.29) is 12.9 Å². The Bertz CT molecular complexity index is 283. The number of hydrogen-bond donors (Lipinski definition) is 1. The molecular weight excluding hydrogens is 336 g/mol. The SMILES string of the molecule is CCCOC(CCCCCCCCCCCCC/C=C\CCO)OCCC. The summed E-state index contributed by atoms with van der Waals surface area (Å²) in [6, 6.07) is 0. The second kappa shape index (κ2) is 23.7. The number of aliphatic hydroxyl groups is 1. The minimum absolute atomic E-state index is 0.0232. The van der Waals surface area contributed by atoms with Gasteiger partial charge < -0.3 is 14.6 Å². The van der Waals surface area contributed by atoms with Crippen LogP contribution in [0.1, 0.15) is 117 Å². The number of rotatable bonds is 22. The fourth-order valence-electron chi connectivity index (χ4n) is 3.19. The molecule has 0 atom stereocenters. The van der Waals surface area contributed by atoms with Crippen LogP contribution in [0, 0.1) is 0 Å². The lowest BCUT2D eigenvalue weighted by Gasteiger charge is -2.18. The maximum absolute atomic E-state index is 8.69. The average Bonchev–Trinajstić information content (AvgIpc) is 2.69. The summed E-state index contributed by atoms with van der Waals surface area (Å²) in [6.45, 7) is 6.20. The molecule has 1 N–H and O–H groups in total. The topological polar surface area (TPSA) is 38.7 Å². The predicted molar refractivity (Wildman–Crippen MR) is 117 cm³/mol. The number of hydrogen-bond acceptors (Lipinski definition) is 3. The second-order valence-corrected chi connectivity index (χ2v) is 7.62. The summed E-state index contributed by atoms with van der Waals surface area (Å²) >= 11 is 0. The van der Waals surface area contributed by atoms with Crippen molar-refractivity contribution in [1.29, 1.82) is 0 Å². The largest absolute Gasteiger partial charge is 0.396 e. The number of unbranched alkanes of at least 4 members (excludes halogenated alkanes) is 11. The number of aliphatic hydroxyl groups excluding tert-OH is 1. The van der Waals surface area contributed by atoms with Crippen LogP contribution >= 0.6 is 0 Å². The van der Waals surface area contributed by atoms with E-state index in [0.717, 1.165) is 38.9 Å². The van der Waals surface area contributed by atoms with Crippen LogP contribution in [0.25, 0.3) is 0 Å². The van der Waals surface area contributed by atoms with Gasteiger partial charge in [-0.25, -0.2) is 0 Å². The highest BCUT2D eigenvalue weighted by Crippen LogP contribution is 2.14. The van der Waals surface area contributed by atoms with Crippen molar-refractivity contribution >= 4 is 0 Å². The van der Waals surface area contributed by atoms with E-state index in [9.17, 15) is 0 Å². The molecule has 0 bridgehead atoms. The van der Waals surface area contributed by atoms with Crippen molar-refractivity contribution < 1.29 is 14.6 Å². The van der Waals surface area contributed by atoms with Gasteiger partial charge in [-0.3, -0.25) is 0 Å². The van der Waals surface area contributed by atoms with Gasteiger partial charge in [-0.1, -0.05) is 83.8 Å². The normalized spacial score (nSPS) is 11.9. The van der Waals surface area contributed by atoms with Crippen LogP contribution < -0.4 is 0 Å². The highest BCUT2D eigenvalue weighted by atomic mass is 16.7. The van der Waals surface area contributed by atoms with E-state index in [0.29, 0.717) is 0 Å². The lowest BCUT2D eigenvalue weighted by Crippen LogP contribution is -2.18. The van der Waals surface area contributed by atoms with Gasteiger partial charge in [0.15, 0.2) is 6.29 Å². The molecule has 3 nitrogen and oxygen atoms in total. The number of allylic oxidation sites excluding steroid dienone is 1. The Morgan fingerprint density at radius 1 is 0.630 bits per heavy atom. The van der Waals surface area contributed by atoms with Crippen LogP contribution in [-0.2, 0) is 9.47 Å². The van der Waals surface area contributed by atoms with Crippen molar-refractivity contribution in [1.82, 2.24) is 0 Å². The van der Waals surface area contributed by atoms with Gasteiger partial charge in [0.05, 0.1) is 0 Å². The zero-order valence-electron chi connectivity index (χ0n) is 18.4. The molecule has 0 heterocycles. The summed E-state index contributed by atoms with van der Waals surface area (Å²) in [6.07, 6.45) is 24.4. The Balaban J connectivity index is 3.29. The zero-order valence-corrected chi connectivity index (χ0v) is 18.4. The minimum atomic E-state index is 0.0232. The van der Waals surface area contributed by atoms with E-state index in [1.54, 1.807) is 0 Å². The van der Waals surface area contributed by atoms with Gasteiger partial charge in [0.25, 0.3) is 0 Å². The molecule has 27 heavy (non-hydrogen) atoms. The summed E-state index contributed by atoms with van der Waals surface area (Å²) < 4.78 is 11.6. The third-order valence-corrected chi connectivity index (χ3v) is 4.79. The Kier molecular flexibility index (Phi) is 23.3. The highest BCUT2D eigenvalue weighted by Gasteiger charge is 2.08. The molecule has 162 valence electrons. The van der Waals surface area contributed by atoms with Gasteiger partial charge in [0, 0.05) is 19.8 Å². The van der Waals surface area contributed by atoms with E-state index < -0.39 is 0 Å². The van der Waals surface area contributed by atoms with Crippen molar-refractivity contribution in [3.63, 3.8) is 0 Å². The molecule has 0 rings (SSSR count). The predicted octanol–water partition coefficient (Wildman–Crippen LogP) is 7.18. The lowest BCUT2D eigenvalue weighted by atomic mass is 10.0. The molecular formula is C24H48O3. The average molecular weight is 385 g/mol. The van der Waals surface area contributed by atoms with E-state index >= 15 is 0 Å². The molecule has 0 spiro atoms. The molecule has 0 saturated heterocycles. The van der Waals surface area contributed by atoms with Crippen molar-refractivity contribution in [2.75, 3.05) is 19.8 Å². The molecule has 0 amide bonds. The first-order chi connectivity index (χ1) is 13.3. The van der Waals surface area contributed by atoms with Gasteiger partial charge in [0.2, 0.25) is 0 Å². The summed E-state index contributed by atoms with van der Waals surface area (Å²) in [4.78, 5) is 0. The van der Waals surface area contributed by atoms with Crippen molar-refractivity contribution in [2.24, 2.45) is 0 Å². The van der Waals surface area contributed by atoms with Crippen molar-refractivity contribution in [3.05, 3.63) is 12.2 Å². The standard InChI is InChI=1S/C24H48O3/c1-3-22-26-24(27-23-4-2)20-18-16-14-12-10-8-6-5-7-9-11-13-15-17-19-21-25/h15,17,24-25H,3-14,16,18-23H2,1-2H3/b17-15-. The van der Waals surface area contributed by atoms with E-state index in [1.165, 1.54) is 77.0 Å². The fraction of sp³-hybridized carbons (Fsp3) is 0.917. The molecule has 0 aliphatic carbocycles. The fourth-order valence-corrected chi connectivity index (χ4v) is 3.19. The number of ether oxygens (including phenoxy) is 2. The molecule has 0 aromatic rings. The first-order valence-electron chi connectivity index (χ1n) is 11.8. The van der Waals surface area contributed by atoms with Crippen molar-refractivity contribution in [2.45, 2.75) is 123 Å². The quantitative estimate of drug-likeness (QED) is 0.122. The summed E-state index contributed by atoms with van der Waals surface area (Å²) in [5.74, 6) is 0. The Hall–Kier alpha value is -0.380.